The fourth-order valence-corrected chi connectivity index (χ4v) is 3.18. The molecule has 142 valence electrons. The van der Waals surface area contributed by atoms with Crippen LogP contribution in [0.15, 0.2) is 18.2 Å². The molecular formula is C18H23BF3NO3. The smallest absolute Gasteiger partial charge is 0.399 e. The van der Waals surface area contributed by atoms with Gasteiger partial charge in [-0.05, 0) is 46.6 Å². The molecule has 0 saturated carbocycles. The van der Waals surface area contributed by atoms with Gasteiger partial charge in [-0.2, -0.15) is 13.2 Å². The zero-order valence-corrected chi connectivity index (χ0v) is 15.4. The molecule has 0 atom stereocenters. The molecule has 3 rings (SSSR count). The number of alkyl halides is 3. The van der Waals surface area contributed by atoms with E-state index in [4.69, 9.17) is 9.31 Å². The number of carbonyl (C=O) groups excluding carboxylic acids is 1. The number of anilines is 1. The van der Waals surface area contributed by atoms with E-state index in [0.29, 0.717) is 18.4 Å². The highest BCUT2D eigenvalue weighted by Gasteiger charge is 2.52. The quantitative estimate of drug-likeness (QED) is 0.749. The maximum Gasteiger partial charge on any atom is 0.496 e. The second kappa shape index (κ2) is 6.27. The van der Waals surface area contributed by atoms with Gasteiger partial charge in [-0.1, -0.05) is 12.1 Å². The van der Waals surface area contributed by atoms with Crippen LogP contribution in [-0.2, 0) is 20.3 Å². The highest BCUT2D eigenvalue weighted by Crippen LogP contribution is 2.38. The maximum atomic E-state index is 13.2. The van der Waals surface area contributed by atoms with Crippen LogP contribution in [0.4, 0.5) is 18.9 Å². The van der Waals surface area contributed by atoms with Crippen molar-refractivity contribution in [1.29, 1.82) is 0 Å². The molecule has 0 N–H and O–H groups in total. The lowest BCUT2D eigenvalue weighted by Crippen LogP contribution is -2.43. The van der Waals surface area contributed by atoms with Crippen LogP contribution < -0.4 is 10.4 Å². The number of hydrogen-bond acceptors (Lipinski definition) is 3. The first-order valence-electron chi connectivity index (χ1n) is 8.79. The number of halogens is 3. The topological polar surface area (TPSA) is 38.8 Å². The Balaban J connectivity index is 2.06. The van der Waals surface area contributed by atoms with Gasteiger partial charge in [0.1, 0.15) is 0 Å². The van der Waals surface area contributed by atoms with Crippen molar-refractivity contribution < 1.29 is 27.3 Å². The van der Waals surface area contributed by atoms with Crippen LogP contribution in [0.5, 0.6) is 0 Å². The Morgan fingerprint density at radius 1 is 1.08 bits per heavy atom. The van der Waals surface area contributed by atoms with Crippen LogP contribution in [0.1, 0.15) is 52.5 Å². The van der Waals surface area contributed by atoms with E-state index in [2.05, 4.69) is 0 Å². The molecule has 0 aromatic heterocycles. The Kier molecular flexibility index (Phi) is 4.64. The number of hydrogen-bond donors (Lipinski definition) is 0. The molecule has 0 bridgehead atoms. The first-order valence-corrected chi connectivity index (χ1v) is 8.79. The number of carbonyl (C=O) groups is 1. The zero-order chi connectivity index (χ0) is 19.3. The summed E-state index contributed by atoms with van der Waals surface area (Å²) < 4.78 is 51.7. The minimum Gasteiger partial charge on any atom is -0.399 e. The summed E-state index contributed by atoms with van der Waals surface area (Å²) in [4.78, 5) is 13.8. The number of piperidine rings is 1. The number of amides is 1. The van der Waals surface area contributed by atoms with Gasteiger partial charge in [0.05, 0.1) is 16.8 Å². The van der Waals surface area contributed by atoms with Crippen LogP contribution >= 0.6 is 0 Å². The maximum absolute atomic E-state index is 13.2. The molecule has 4 nitrogen and oxygen atoms in total. The van der Waals surface area contributed by atoms with Crippen LogP contribution in [-0.4, -0.2) is 30.8 Å². The molecule has 2 saturated heterocycles. The van der Waals surface area contributed by atoms with Crippen molar-refractivity contribution >= 4 is 24.2 Å². The van der Waals surface area contributed by atoms with Gasteiger partial charge in [0.15, 0.2) is 0 Å². The minimum atomic E-state index is -4.48. The zero-order valence-electron chi connectivity index (χ0n) is 15.4. The first-order chi connectivity index (χ1) is 11.9. The third kappa shape index (κ3) is 3.36. The summed E-state index contributed by atoms with van der Waals surface area (Å²) in [6, 6.07) is 3.41. The molecule has 1 amide bonds. The van der Waals surface area contributed by atoms with Gasteiger partial charge in [0, 0.05) is 24.1 Å². The largest absolute Gasteiger partial charge is 0.496 e. The molecule has 8 heteroatoms. The third-order valence-electron chi connectivity index (χ3n) is 5.48. The Hall–Kier alpha value is -1.54. The molecule has 0 spiro atoms. The Labute approximate surface area is 151 Å². The van der Waals surface area contributed by atoms with Crippen molar-refractivity contribution in [1.82, 2.24) is 0 Å². The number of nitrogens with zero attached hydrogens (tertiary/aromatic N) is 1. The Bertz CT molecular complexity index is 702. The van der Waals surface area contributed by atoms with E-state index >= 15 is 0 Å². The lowest BCUT2D eigenvalue weighted by atomic mass is 9.76. The first kappa shape index (κ1) is 19.2. The molecule has 1 aromatic rings. The van der Waals surface area contributed by atoms with E-state index in [1.165, 1.54) is 11.0 Å². The monoisotopic (exact) mass is 369 g/mol. The molecule has 2 fully saturated rings. The van der Waals surface area contributed by atoms with Crippen molar-refractivity contribution in [2.75, 3.05) is 11.4 Å². The fraction of sp³-hybridized carbons (Fsp3) is 0.611. The number of benzene rings is 1. The summed E-state index contributed by atoms with van der Waals surface area (Å²) in [5, 5.41) is 0. The summed E-state index contributed by atoms with van der Waals surface area (Å²) >= 11 is 0. The average Bonchev–Trinajstić information content (AvgIpc) is 2.74. The third-order valence-corrected chi connectivity index (χ3v) is 5.48. The molecule has 0 unspecified atom stereocenters. The van der Waals surface area contributed by atoms with Crippen molar-refractivity contribution in [2.45, 2.75) is 64.3 Å². The van der Waals surface area contributed by atoms with Gasteiger partial charge in [0.25, 0.3) is 0 Å². The molecule has 2 aliphatic heterocycles. The summed E-state index contributed by atoms with van der Waals surface area (Å²) in [6.07, 6.45) is -2.65. The van der Waals surface area contributed by atoms with E-state index in [1.54, 1.807) is 0 Å². The lowest BCUT2D eigenvalue weighted by Gasteiger charge is -2.32. The van der Waals surface area contributed by atoms with E-state index < -0.39 is 30.1 Å². The lowest BCUT2D eigenvalue weighted by molar-refractivity contribution is -0.137. The molecule has 0 radical (unpaired) electrons. The van der Waals surface area contributed by atoms with Gasteiger partial charge in [-0.3, -0.25) is 4.79 Å². The predicted molar refractivity (Wildman–Crippen MR) is 93.4 cm³/mol. The summed E-state index contributed by atoms with van der Waals surface area (Å²) in [5.74, 6) is -0.173. The van der Waals surface area contributed by atoms with Gasteiger partial charge < -0.3 is 14.2 Å². The van der Waals surface area contributed by atoms with E-state index in [1.807, 2.05) is 27.7 Å². The average molecular weight is 369 g/mol. The van der Waals surface area contributed by atoms with E-state index in [-0.39, 0.29) is 11.6 Å². The van der Waals surface area contributed by atoms with Crippen molar-refractivity contribution in [3.05, 3.63) is 23.8 Å². The Morgan fingerprint density at radius 2 is 1.69 bits per heavy atom. The number of rotatable bonds is 2. The highest BCUT2D eigenvalue weighted by molar-refractivity contribution is 6.64. The van der Waals surface area contributed by atoms with Crippen molar-refractivity contribution in [3.63, 3.8) is 0 Å². The van der Waals surface area contributed by atoms with Gasteiger partial charge in [-0.15, -0.1) is 0 Å². The second-order valence-electron chi connectivity index (χ2n) is 7.86. The standard InChI is InChI=1S/C18H23BF3NO3/c1-16(2)17(3,4)26-19(25-16)13-9-8-12(18(20,21)22)11-14(13)23-10-6-5-7-15(23)24/h8-9,11H,5-7,10H2,1-4H3. The van der Waals surface area contributed by atoms with Gasteiger partial charge >= 0.3 is 13.3 Å². The summed E-state index contributed by atoms with van der Waals surface area (Å²) in [5.41, 5.74) is -1.35. The Morgan fingerprint density at radius 3 is 2.23 bits per heavy atom. The second-order valence-corrected chi connectivity index (χ2v) is 7.86. The van der Waals surface area contributed by atoms with Gasteiger partial charge in [-0.25, -0.2) is 0 Å². The normalized spacial score (nSPS) is 22.8. The molecule has 0 aliphatic carbocycles. The van der Waals surface area contributed by atoms with Crippen molar-refractivity contribution in [2.24, 2.45) is 0 Å². The molecular weight excluding hydrogens is 346 g/mol. The van der Waals surface area contributed by atoms with E-state index in [0.717, 1.165) is 25.0 Å². The summed E-state index contributed by atoms with van der Waals surface area (Å²) in [7, 11) is -0.827. The van der Waals surface area contributed by atoms with E-state index in [9.17, 15) is 18.0 Å². The van der Waals surface area contributed by atoms with Crippen LogP contribution in [0.25, 0.3) is 0 Å². The summed E-state index contributed by atoms with van der Waals surface area (Å²) in [6.45, 7) is 7.91. The molecule has 26 heavy (non-hydrogen) atoms. The predicted octanol–water partition coefficient (Wildman–Crippen LogP) is 3.52. The van der Waals surface area contributed by atoms with Crippen LogP contribution in [0.2, 0.25) is 0 Å². The highest BCUT2D eigenvalue weighted by atomic mass is 19.4. The molecule has 2 aliphatic rings. The fourth-order valence-electron chi connectivity index (χ4n) is 3.18. The SMILES string of the molecule is CC1(C)OB(c2ccc(C(F)(F)F)cc2N2CCCCC2=O)OC1(C)C. The van der Waals surface area contributed by atoms with Crippen LogP contribution in [0, 0.1) is 0 Å². The molecule has 2 heterocycles. The molecule has 1 aromatic carbocycles. The van der Waals surface area contributed by atoms with Gasteiger partial charge in [0.2, 0.25) is 5.91 Å². The van der Waals surface area contributed by atoms with Crippen LogP contribution in [0.3, 0.4) is 0 Å². The minimum absolute atomic E-state index is 0.173. The van der Waals surface area contributed by atoms with Crippen molar-refractivity contribution in [3.8, 4) is 0 Å².